The first-order chi connectivity index (χ1) is 16.8. The Hall–Kier alpha value is -2.92. The van der Waals surface area contributed by atoms with E-state index in [0.717, 1.165) is 48.1 Å². The van der Waals surface area contributed by atoms with E-state index in [-0.39, 0.29) is 6.04 Å². The summed E-state index contributed by atoms with van der Waals surface area (Å²) in [5.74, 6) is 0. The van der Waals surface area contributed by atoms with Crippen molar-refractivity contribution >= 4 is 17.0 Å². The number of aliphatic imine (C=N–C) groups is 1. The summed E-state index contributed by atoms with van der Waals surface area (Å²) in [6.45, 7) is 3.99. The molecule has 0 spiro atoms. The number of alkyl halides is 3. The second-order valence-electron chi connectivity index (χ2n) is 9.51. The fourth-order valence-corrected chi connectivity index (χ4v) is 4.81. The first-order valence-corrected chi connectivity index (χ1v) is 12.5. The lowest BCUT2D eigenvalue weighted by molar-refractivity contribution is -0.138. The molecule has 1 aliphatic heterocycles. The van der Waals surface area contributed by atoms with Crippen LogP contribution in [0.15, 0.2) is 71.3 Å². The number of hydrogen-bond donors (Lipinski definition) is 1. The van der Waals surface area contributed by atoms with Crippen LogP contribution in [-0.4, -0.2) is 11.8 Å². The Morgan fingerprint density at radius 3 is 2.40 bits per heavy atom. The van der Waals surface area contributed by atoms with Crippen LogP contribution >= 0.6 is 0 Å². The Morgan fingerprint density at radius 2 is 1.74 bits per heavy atom. The van der Waals surface area contributed by atoms with E-state index < -0.39 is 11.7 Å². The summed E-state index contributed by atoms with van der Waals surface area (Å²) in [7, 11) is 0. The van der Waals surface area contributed by atoms with Gasteiger partial charge >= 0.3 is 6.18 Å². The quantitative estimate of drug-likeness (QED) is 0.411. The second-order valence-corrected chi connectivity index (χ2v) is 9.51. The summed E-state index contributed by atoms with van der Waals surface area (Å²) in [6, 6.07) is 12.6. The van der Waals surface area contributed by atoms with Crippen molar-refractivity contribution < 1.29 is 13.2 Å². The minimum absolute atomic E-state index is 0.148. The van der Waals surface area contributed by atoms with Crippen LogP contribution in [0.3, 0.4) is 0 Å². The lowest BCUT2D eigenvalue weighted by atomic mass is 9.94. The van der Waals surface area contributed by atoms with Crippen molar-refractivity contribution in [1.82, 2.24) is 0 Å². The Bertz CT molecular complexity index is 1180. The maximum Gasteiger partial charge on any atom is 0.416 e. The van der Waals surface area contributed by atoms with Gasteiger partial charge < -0.3 is 5.73 Å². The first-order valence-electron chi connectivity index (χ1n) is 12.5. The van der Waals surface area contributed by atoms with Crippen molar-refractivity contribution in [3.63, 3.8) is 0 Å². The van der Waals surface area contributed by atoms with Gasteiger partial charge in [-0.25, -0.2) is 0 Å². The fourth-order valence-electron chi connectivity index (χ4n) is 4.81. The second kappa shape index (κ2) is 10.8. The molecule has 2 aliphatic rings. The van der Waals surface area contributed by atoms with Crippen LogP contribution in [0.4, 0.5) is 13.2 Å². The highest BCUT2D eigenvalue weighted by molar-refractivity contribution is 6.00. The molecule has 1 atom stereocenters. The summed E-state index contributed by atoms with van der Waals surface area (Å²) in [6.07, 6.45) is 7.46. The van der Waals surface area contributed by atoms with Gasteiger partial charge in [-0.2, -0.15) is 13.2 Å². The molecule has 5 heteroatoms. The SMILES string of the molecule is CCCC(N)C1=NC(c2ccc(CCc3ccc(C4=CCCC=C4)cc3)c(C(F)(F)F)c2)=C(C)C1. The summed E-state index contributed by atoms with van der Waals surface area (Å²) in [5, 5.41) is 0. The molecule has 184 valence electrons. The monoisotopic (exact) mass is 478 g/mol. The van der Waals surface area contributed by atoms with E-state index in [4.69, 9.17) is 5.73 Å². The summed E-state index contributed by atoms with van der Waals surface area (Å²) in [4.78, 5) is 4.65. The van der Waals surface area contributed by atoms with Crippen molar-refractivity contribution in [1.29, 1.82) is 0 Å². The van der Waals surface area contributed by atoms with Crippen LogP contribution in [0.2, 0.25) is 0 Å². The number of benzene rings is 2. The average Bonchev–Trinajstić information content (AvgIpc) is 3.25. The average molecular weight is 479 g/mol. The smallest absolute Gasteiger partial charge is 0.323 e. The molecular weight excluding hydrogens is 445 g/mol. The molecular formula is C30H33F3N2. The van der Waals surface area contributed by atoms with Crippen molar-refractivity contribution in [3.8, 4) is 0 Å². The number of allylic oxidation sites excluding steroid dienone is 5. The molecule has 0 radical (unpaired) electrons. The van der Waals surface area contributed by atoms with E-state index in [2.05, 4.69) is 42.3 Å². The van der Waals surface area contributed by atoms with Crippen molar-refractivity contribution in [2.75, 3.05) is 0 Å². The van der Waals surface area contributed by atoms with E-state index in [1.807, 2.05) is 19.1 Å². The van der Waals surface area contributed by atoms with E-state index >= 15 is 0 Å². The van der Waals surface area contributed by atoms with Crippen LogP contribution in [0, 0.1) is 0 Å². The summed E-state index contributed by atoms with van der Waals surface area (Å²) < 4.78 is 42.1. The van der Waals surface area contributed by atoms with E-state index in [1.165, 1.54) is 11.6 Å². The van der Waals surface area contributed by atoms with Crippen LogP contribution in [0.25, 0.3) is 11.3 Å². The van der Waals surface area contributed by atoms with Gasteiger partial charge in [0.15, 0.2) is 0 Å². The lowest BCUT2D eigenvalue weighted by Gasteiger charge is -2.15. The van der Waals surface area contributed by atoms with E-state index in [0.29, 0.717) is 36.1 Å². The third-order valence-corrected chi connectivity index (χ3v) is 6.79. The molecule has 4 rings (SSSR count). The number of halogens is 3. The largest absolute Gasteiger partial charge is 0.416 e. The molecule has 0 saturated carbocycles. The zero-order chi connectivity index (χ0) is 25.0. The topological polar surface area (TPSA) is 38.4 Å². The van der Waals surface area contributed by atoms with E-state index in [9.17, 15) is 13.2 Å². The molecule has 1 heterocycles. The van der Waals surface area contributed by atoms with Gasteiger partial charge in [0.1, 0.15) is 0 Å². The van der Waals surface area contributed by atoms with Crippen molar-refractivity contribution in [2.24, 2.45) is 10.7 Å². The minimum atomic E-state index is -4.42. The Morgan fingerprint density at radius 1 is 1.00 bits per heavy atom. The van der Waals surface area contributed by atoms with Gasteiger partial charge in [0.25, 0.3) is 0 Å². The molecule has 35 heavy (non-hydrogen) atoms. The highest BCUT2D eigenvalue weighted by Crippen LogP contribution is 2.37. The van der Waals surface area contributed by atoms with Gasteiger partial charge in [-0.1, -0.05) is 68.0 Å². The molecule has 1 aliphatic carbocycles. The maximum absolute atomic E-state index is 14.0. The zero-order valence-corrected chi connectivity index (χ0v) is 20.5. The Balaban J connectivity index is 1.52. The molecule has 0 fully saturated rings. The van der Waals surface area contributed by atoms with Crippen LogP contribution in [0.5, 0.6) is 0 Å². The predicted octanol–water partition coefficient (Wildman–Crippen LogP) is 7.93. The number of rotatable bonds is 8. The van der Waals surface area contributed by atoms with Gasteiger partial charge in [0.05, 0.1) is 11.3 Å². The van der Waals surface area contributed by atoms with Crippen LogP contribution in [-0.2, 0) is 19.0 Å². The number of nitrogens with zero attached hydrogens (tertiary/aromatic N) is 1. The fraction of sp³-hybridized carbons (Fsp3) is 0.367. The highest BCUT2D eigenvalue weighted by atomic mass is 19.4. The Kier molecular flexibility index (Phi) is 7.75. The third-order valence-electron chi connectivity index (χ3n) is 6.79. The van der Waals surface area contributed by atoms with Crippen LogP contribution in [0.1, 0.15) is 73.8 Å². The van der Waals surface area contributed by atoms with Gasteiger partial charge in [0.2, 0.25) is 0 Å². The van der Waals surface area contributed by atoms with Gasteiger partial charge in [-0.05, 0) is 72.9 Å². The standard InChI is InChI=1S/C30H33F3N2/c1-3-7-27(34)28-18-20(2)29(35-28)25-17-16-24(26(19-25)30(31,32)33)15-12-21-10-13-23(14-11-21)22-8-5-4-6-9-22/h5,8-11,13-14,16-17,19,27H,3-4,6-7,12,15,18,34H2,1-2H3. The molecule has 1 unspecified atom stereocenters. The molecule has 0 bridgehead atoms. The normalized spacial score (nSPS) is 17.0. The molecule has 2 aromatic carbocycles. The number of aryl methyl sites for hydroxylation is 2. The van der Waals surface area contributed by atoms with Crippen LogP contribution < -0.4 is 5.73 Å². The highest BCUT2D eigenvalue weighted by Gasteiger charge is 2.34. The van der Waals surface area contributed by atoms with Crippen molar-refractivity contribution in [3.05, 3.63) is 94.1 Å². The third kappa shape index (κ3) is 6.02. The lowest BCUT2D eigenvalue weighted by Crippen LogP contribution is -2.29. The number of hydrogen-bond acceptors (Lipinski definition) is 2. The van der Waals surface area contributed by atoms with Crippen molar-refractivity contribution in [2.45, 2.75) is 71.0 Å². The Labute approximate surface area is 206 Å². The van der Waals surface area contributed by atoms with Gasteiger partial charge in [-0.3, -0.25) is 4.99 Å². The predicted molar refractivity (Wildman–Crippen MR) is 139 cm³/mol. The minimum Gasteiger partial charge on any atom is -0.323 e. The molecule has 2 N–H and O–H groups in total. The molecule has 0 amide bonds. The summed E-state index contributed by atoms with van der Waals surface area (Å²) in [5.41, 5.74) is 12.3. The zero-order valence-electron chi connectivity index (χ0n) is 20.5. The number of nitrogens with two attached hydrogens (primary N) is 1. The van der Waals surface area contributed by atoms with Gasteiger partial charge in [-0.15, -0.1) is 0 Å². The first kappa shape index (κ1) is 25.2. The van der Waals surface area contributed by atoms with Gasteiger partial charge in [0, 0.05) is 23.7 Å². The molecule has 0 aromatic heterocycles. The molecule has 0 saturated heterocycles. The molecule has 2 nitrogen and oxygen atoms in total. The maximum atomic E-state index is 14.0. The van der Waals surface area contributed by atoms with E-state index in [1.54, 1.807) is 12.1 Å². The molecule has 2 aromatic rings. The summed E-state index contributed by atoms with van der Waals surface area (Å²) >= 11 is 0.